The predicted molar refractivity (Wildman–Crippen MR) is 233 cm³/mol. The van der Waals surface area contributed by atoms with E-state index in [1.54, 1.807) is 0 Å². The molecule has 0 aliphatic heterocycles. The molecule has 0 fully saturated rings. The molecule has 0 unspecified atom stereocenters. The van der Waals surface area contributed by atoms with Crippen molar-refractivity contribution in [1.29, 1.82) is 0 Å². The first-order valence-electron chi connectivity index (χ1n) is 21.0. The number of Topliss-reactive ketones (excluding diaryl/α,β-unsaturated/α-hetero) is 1. The molecule has 0 amide bonds. The Kier molecular flexibility index (Phi) is 15.9. The van der Waals surface area contributed by atoms with Crippen molar-refractivity contribution in [2.45, 2.75) is 56.0 Å². The van der Waals surface area contributed by atoms with E-state index in [1.807, 2.05) is 59.4 Å². The van der Waals surface area contributed by atoms with Gasteiger partial charge in [0.25, 0.3) is 0 Å². The second-order valence-electron chi connectivity index (χ2n) is 16.9. The van der Waals surface area contributed by atoms with E-state index in [0.717, 1.165) is 20.8 Å². The van der Waals surface area contributed by atoms with Crippen LogP contribution in [0.1, 0.15) is 54.9 Å². The van der Waals surface area contributed by atoms with Crippen LogP contribution in [-0.2, 0) is 56.0 Å². The molecule has 6 aromatic carbocycles. The molecule has 0 bridgehead atoms. The smallest absolute Gasteiger partial charge is 0.287 e. The second-order valence-corrected chi connectivity index (χ2v) is 17.8. The highest BCUT2D eigenvalue weighted by molar-refractivity contribution is 9.10. The Bertz CT molecular complexity index is 2870. The second kappa shape index (κ2) is 20.6. The van der Waals surface area contributed by atoms with Gasteiger partial charge in [0.05, 0.1) is 44.5 Å². The van der Waals surface area contributed by atoms with Gasteiger partial charge in [-0.2, -0.15) is 132 Å². The zero-order valence-corrected chi connectivity index (χ0v) is 39.0. The first-order valence-corrected chi connectivity index (χ1v) is 21.8. The van der Waals surface area contributed by atoms with Gasteiger partial charge in [0.1, 0.15) is 6.15 Å². The van der Waals surface area contributed by atoms with Gasteiger partial charge in [-0.1, -0.05) is 101 Å². The number of halogens is 25. The summed E-state index contributed by atoms with van der Waals surface area (Å²) >= 11 is 3.47. The summed E-state index contributed by atoms with van der Waals surface area (Å²) in [6, 6.07) is 8.72. The van der Waals surface area contributed by atoms with Crippen molar-refractivity contribution in [2.75, 3.05) is 0 Å². The third-order valence-electron chi connectivity index (χ3n) is 11.7. The molecule has 0 aliphatic carbocycles. The Morgan fingerprint density at radius 1 is 0.364 bits per heavy atom. The molecule has 28 heteroatoms. The molecule has 1 aromatic heterocycles. The maximum Gasteiger partial charge on any atom is 0.416 e. The maximum absolute atomic E-state index is 14.2. The number of ketones is 1. The van der Waals surface area contributed by atoms with Gasteiger partial charge in [-0.05, 0) is 41.8 Å². The van der Waals surface area contributed by atoms with Gasteiger partial charge < -0.3 is 0 Å². The van der Waals surface area contributed by atoms with Crippen LogP contribution in [0.5, 0.6) is 0 Å². The molecule has 1 heterocycles. The summed E-state index contributed by atoms with van der Waals surface area (Å²) in [5.74, 6) is 0.116. The number of carbonyl (C=O) groups excluding carboxylic acids is 1. The summed E-state index contributed by atoms with van der Waals surface area (Å²) in [6.07, 6.45) is -50.9. The number of rotatable bonds is 7. The standard InChI is InChI=1S/C32H12BF24.C17H13BrNO/c34-25(35,36)13-1-14(26(37,38)39)6-21(5-13)33(22-7-15(27(40,41)42)2-16(8-22)28(43,44)45,23-9-17(29(46,47)48)3-18(10-23)30(49,50)51)24-11-19(31(52,53)54)4-20(12-24)32(55,56)57;18-16-7-6-13-8-9-19(11-15(13)10-16)12-17(20)14-4-2-1-3-5-14/h1-12H;1-11H,12H2/q-1;+1. The van der Waals surface area contributed by atoms with Crippen molar-refractivity contribution in [1.82, 2.24) is 0 Å². The molecule has 7 rings (SSSR count). The summed E-state index contributed by atoms with van der Waals surface area (Å²) in [5.41, 5.74) is -29.5. The van der Waals surface area contributed by atoms with E-state index in [-0.39, 0.29) is 5.78 Å². The van der Waals surface area contributed by atoms with Gasteiger partial charge in [-0.3, -0.25) is 4.79 Å². The Balaban J connectivity index is 0.000000397. The maximum atomic E-state index is 14.2. The molecule has 7 aromatic rings. The minimum Gasteiger partial charge on any atom is -0.287 e. The molecule has 2 nitrogen and oxygen atoms in total. The monoisotopic (exact) mass is 1190 g/mol. The summed E-state index contributed by atoms with van der Waals surface area (Å²) in [5, 5.41) is 2.28. The Hall–Kier alpha value is -6.74. The predicted octanol–water partition coefficient (Wildman–Crippen LogP) is 15.0. The van der Waals surface area contributed by atoms with Crippen LogP contribution in [0.2, 0.25) is 0 Å². The Morgan fingerprint density at radius 3 is 0.922 bits per heavy atom. The third-order valence-corrected chi connectivity index (χ3v) is 12.2. The van der Waals surface area contributed by atoms with Gasteiger partial charge in [0.15, 0.2) is 12.4 Å². The number of fused-ring (bicyclic) bond motifs is 1. The quantitative estimate of drug-likeness (QED) is 0.0674. The number of carbonyl (C=O) groups is 1. The summed E-state index contributed by atoms with van der Waals surface area (Å²) in [6.45, 7) is 0.354. The number of benzene rings is 6. The SMILES string of the molecule is FC(F)(F)c1cc([B-](c2cc(C(F)(F)F)cc(C(F)(F)F)c2)(c2cc(C(F)(F)F)cc(C(F)(F)F)c2)c2cc(C(F)(F)F)cc(C(F)(F)F)c2)cc(C(F)(F)F)c1.O=C(C[n+]1ccc2ccc(Br)cc2c1)c1ccccc1. The van der Waals surface area contributed by atoms with Crippen LogP contribution < -0.4 is 26.4 Å². The lowest BCUT2D eigenvalue weighted by molar-refractivity contribution is -0.681. The Morgan fingerprint density at radius 2 is 0.649 bits per heavy atom. The van der Waals surface area contributed by atoms with Crippen molar-refractivity contribution < 1.29 is 115 Å². The van der Waals surface area contributed by atoms with Gasteiger partial charge in [-0.25, -0.2) is 0 Å². The van der Waals surface area contributed by atoms with Gasteiger partial charge in [-0.15, -0.1) is 0 Å². The third kappa shape index (κ3) is 13.7. The summed E-state index contributed by atoms with van der Waals surface area (Å²) < 4.78 is 344. The van der Waals surface area contributed by atoms with Crippen molar-refractivity contribution >= 4 is 60.5 Å². The fourth-order valence-corrected chi connectivity index (χ4v) is 8.64. The Labute approximate surface area is 424 Å². The topological polar surface area (TPSA) is 20.9 Å². The van der Waals surface area contributed by atoms with E-state index in [2.05, 4.69) is 28.1 Å². The van der Waals surface area contributed by atoms with E-state index >= 15 is 0 Å². The van der Waals surface area contributed by atoms with Crippen molar-refractivity contribution in [3.8, 4) is 0 Å². The molecule has 0 atom stereocenters. The highest BCUT2D eigenvalue weighted by Gasteiger charge is 2.47. The van der Waals surface area contributed by atoms with Gasteiger partial charge in [0, 0.05) is 21.5 Å². The van der Waals surface area contributed by atoms with E-state index < -0.39 is 195 Å². The molecule has 0 spiro atoms. The number of pyridine rings is 1. The molecule has 0 aliphatic rings. The van der Waals surface area contributed by atoms with Crippen LogP contribution in [-0.4, -0.2) is 11.9 Å². The van der Waals surface area contributed by atoms with Crippen LogP contribution in [0, 0.1) is 0 Å². The van der Waals surface area contributed by atoms with E-state index in [1.165, 1.54) is 0 Å². The minimum absolute atomic E-state index is 0.116. The van der Waals surface area contributed by atoms with Crippen LogP contribution in [0.4, 0.5) is 105 Å². The molecule has 0 N–H and O–H groups in total. The summed E-state index contributed by atoms with van der Waals surface area (Å²) in [7, 11) is 0. The number of nitrogens with zero attached hydrogens (tertiary/aromatic N) is 1. The minimum atomic E-state index is -6.13. The highest BCUT2D eigenvalue weighted by atomic mass is 79.9. The van der Waals surface area contributed by atoms with Crippen molar-refractivity contribution in [3.05, 3.63) is 194 Å². The molecule has 0 saturated carbocycles. The van der Waals surface area contributed by atoms with E-state index in [9.17, 15) is 110 Å². The van der Waals surface area contributed by atoms with Crippen LogP contribution in [0.3, 0.4) is 0 Å². The normalized spacial score (nSPS) is 13.4. The van der Waals surface area contributed by atoms with Crippen molar-refractivity contribution in [3.63, 3.8) is 0 Å². The number of hydrogen-bond donors (Lipinski definition) is 0. The average Bonchev–Trinajstić information content (AvgIpc) is 3.29. The average molecular weight is 1190 g/mol. The van der Waals surface area contributed by atoms with Crippen LogP contribution in [0.25, 0.3) is 10.8 Å². The fraction of sp³-hybridized carbons (Fsp3) is 0.184. The molecular formula is C49H25BBrF24NO. The van der Waals surface area contributed by atoms with Gasteiger partial charge in [0.2, 0.25) is 12.3 Å². The molecule has 0 saturated heterocycles. The lowest BCUT2D eigenvalue weighted by Crippen LogP contribution is -2.75. The lowest BCUT2D eigenvalue weighted by Gasteiger charge is -2.46. The zero-order valence-electron chi connectivity index (χ0n) is 37.4. The molecule has 410 valence electrons. The number of alkyl halides is 24. The molecule has 77 heavy (non-hydrogen) atoms. The van der Waals surface area contributed by atoms with E-state index in [0.29, 0.717) is 6.54 Å². The first kappa shape index (κ1) is 59.5. The summed E-state index contributed by atoms with van der Waals surface area (Å²) in [4.78, 5) is 12.2. The highest BCUT2D eigenvalue weighted by Crippen LogP contribution is 2.41. The lowest BCUT2D eigenvalue weighted by atomic mass is 9.12. The van der Waals surface area contributed by atoms with Crippen molar-refractivity contribution in [2.24, 2.45) is 0 Å². The molecular weight excluding hydrogens is 1170 g/mol. The largest absolute Gasteiger partial charge is 0.416 e. The zero-order chi connectivity index (χ0) is 57.9. The number of hydrogen-bond acceptors (Lipinski definition) is 1. The van der Waals surface area contributed by atoms with Gasteiger partial charge >= 0.3 is 49.4 Å². The van der Waals surface area contributed by atoms with E-state index in [4.69, 9.17) is 0 Å². The van der Waals surface area contributed by atoms with Crippen LogP contribution in [0.15, 0.2) is 144 Å². The fourth-order valence-electron chi connectivity index (χ4n) is 8.26. The number of aromatic nitrogens is 1. The molecule has 0 radical (unpaired) electrons. The van der Waals surface area contributed by atoms with Crippen LogP contribution >= 0.6 is 15.9 Å². The first-order chi connectivity index (χ1) is 35.0.